The van der Waals surface area contributed by atoms with Gasteiger partial charge in [0.25, 0.3) is 0 Å². The van der Waals surface area contributed by atoms with Crippen molar-refractivity contribution in [1.29, 1.82) is 0 Å². The summed E-state index contributed by atoms with van der Waals surface area (Å²) in [5.41, 5.74) is 1.16. The van der Waals surface area contributed by atoms with Gasteiger partial charge in [-0.1, -0.05) is 26.0 Å². The Balaban J connectivity index is 2.13. The molecule has 0 aliphatic rings. The quantitative estimate of drug-likeness (QED) is 0.640. The highest BCUT2D eigenvalue weighted by Gasteiger charge is 2.05. The van der Waals surface area contributed by atoms with E-state index in [9.17, 15) is 5.11 Å². The summed E-state index contributed by atoms with van der Waals surface area (Å²) in [5, 5.41) is 13.1. The summed E-state index contributed by atoms with van der Waals surface area (Å²) in [6.07, 6.45) is -0.479. The van der Waals surface area contributed by atoms with E-state index in [1.165, 1.54) is 0 Å². The van der Waals surface area contributed by atoms with Crippen molar-refractivity contribution in [3.8, 4) is 5.75 Å². The summed E-state index contributed by atoms with van der Waals surface area (Å²) in [6, 6.07) is 7.87. The van der Waals surface area contributed by atoms with Crippen LogP contribution in [0.15, 0.2) is 24.3 Å². The highest BCUT2D eigenvalue weighted by Crippen LogP contribution is 2.12. The Morgan fingerprint density at radius 3 is 2.70 bits per heavy atom. The van der Waals surface area contributed by atoms with Crippen molar-refractivity contribution in [3.05, 3.63) is 29.8 Å². The van der Waals surface area contributed by atoms with Gasteiger partial charge in [0.15, 0.2) is 0 Å². The molecular formula is C16H28N2O2. The van der Waals surface area contributed by atoms with Crippen LogP contribution in [0.2, 0.25) is 0 Å². The molecule has 4 heteroatoms. The third-order valence-corrected chi connectivity index (χ3v) is 3.31. The van der Waals surface area contributed by atoms with Gasteiger partial charge in [-0.15, -0.1) is 0 Å². The summed E-state index contributed by atoms with van der Waals surface area (Å²) >= 11 is 0. The Kier molecular flexibility index (Phi) is 8.26. The molecule has 1 aromatic rings. The Labute approximate surface area is 122 Å². The monoisotopic (exact) mass is 280 g/mol. The van der Waals surface area contributed by atoms with Crippen molar-refractivity contribution >= 4 is 0 Å². The molecule has 4 nitrogen and oxygen atoms in total. The molecule has 1 aromatic carbocycles. The minimum atomic E-state index is -0.479. The molecule has 0 amide bonds. The number of nitrogens with zero attached hydrogens (tertiary/aromatic N) is 1. The van der Waals surface area contributed by atoms with Crippen LogP contribution in [-0.2, 0) is 0 Å². The number of aliphatic hydroxyl groups is 1. The summed E-state index contributed by atoms with van der Waals surface area (Å²) in [7, 11) is 0. The molecular weight excluding hydrogens is 252 g/mol. The second kappa shape index (κ2) is 9.75. The molecule has 0 heterocycles. The Morgan fingerprint density at radius 1 is 1.30 bits per heavy atom. The molecule has 20 heavy (non-hydrogen) atoms. The first-order valence-corrected chi connectivity index (χ1v) is 7.46. The van der Waals surface area contributed by atoms with Crippen molar-refractivity contribution in [2.75, 3.05) is 39.3 Å². The molecule has 0 aromatic heterocycles. The topological polar surface area (TPSA) is 44.7 Å². The van der Waals surface area contributed by atoms with E-state index in [0.717, 1.165) is 37.5 Å². The Bertz CT molecular complexity index is 367. The fourth-order valence-electron chi connectivity index (χ4n) is 2.00. The van der Waals surface area contributed by atoms with Crippen molar-refractivity contribution in [3.63, 3.8) is 0 Å². The Morgan fingerprint density at radius 2 is 2.05 bits per heavy atom. The first kappa shape index (κ1) is 17.0. The molecule has 0 saturated heterocycles. The van der Waals surface area contributed by atoms with Crippen LogP contribution in [0.5, 0.6) is 5.75 Å². The lowest BCUT2D eigenvalue weighted by Crippen LogP contribution is -2.37. The second-order valence-electron chi connectivity index (χ2n) is 5.01. The molecule has 0 fully saturated rings. The summed E-state index contributed by atoms with van der Waals surface area (Å²) in [6.45, 7) is 11.3. The minimum Gasteiger partial charge on any atom is -0.491 e. The molecule has 0 bridgehead atoms. The number of rotatable bonds is 10. The molecule has 0 aliphatic carbocycles. The van der Waals surface area contributed by atoms with Crippen LogP contribution in [-0.4, -0.2) is 55.4 Å². The lowest BCUT2D eigenvalue weighted by atomic mass is 10.2. The standard InChI is InChI=1S/C16H28N2O2/c1-4-18(5-2)10-9-17-12-15(19)13-20-16-8-6-7-14(3)11-16/h6-8,11,15,17,19H,4-5,9-10,12-13H2,1-3H3. The van der Waals surface area contributed by atoms with Gasteiger partial charge in [-0.2, -0.15) is 0 Å². The largest absolute Gasteiger partial charge is 0.491 e. The summed E-state index contributed by atoms with van der Waals surface area (Å²) < 4.78 is 5.57. The third kappa shape index (κ3) is 6.89. The summed E-state index contributed by atoms with van der Waals surface area (Å²) in [5.74, 6) is 0.812. The number of likely N-dealkylation sites (N-methyl/N-ethyl adjacent to an activating group) is 1. The van der Waals surface area contributed by atoms with Gasteiger partial charge in [0.1, 0.15) is 18.5 Å². The van der Waals surface area contributed by atoms with Gasteiger partial charge in [-0.3, -0.25) is 0 Å². The highest BCUT2D eigenvalue weighted by molar-refractivity contribution is 5.27. The number of aliphatic hydroxyl groups excluding tert-OH is 1. The first-order valence-electron chi connectivity index (χ1n) is 7.46. The van der Waals surface area contributed by atoms with E-state index < -0.39 is 6.10 Å². The fourth-order valence-corrected chi connectivity index (χ4v) is 2.00. The van der Waals surface area contributed by atoms with E-state index in [0.29, 0.717) is 13.2 Å². The van der Waals surface area contributed by atoms with E-state index in [1.807, 2.05) is 31.2 Å². The van der Waals surface area contributed by atoms with Crippen LogP contribution >= 0.6 is 0 Å². The van der Waals surface area contributed by atoms with Crippen LogP contribution in [0.1, 0.15) is 19.4 Å². The van der Waals surface area contributed by atoms with Crippen LogP contribution in [0.3, 0.4) is 0 Å². The normalized spacial score (nSPS) is 12.7. The number of aryl methyl sites for hydroxylation is 1. The van der Waals surface area contributed by atoms with Gasteiger partial charge in [0.05, 0.1) is 0 Å². The minimum absolute atomic E-state index is 0.321. The average Bonchev–Trinajstić information content (AvgIpc) is 2.45. The molecule has 2 N–H and O–H groups in total. The molecule has 0 radical (unpaired) electrons. The molecule has 0 aliphatic heterocycles. The van der Waals surface area contributed by atoms with E-state index >= 15 is 0 Å². The zero-order valence-electron chi connectivity index (χ0n) is 12.9. The van der Waals surface area contributed by atoms with E-state index in [4.69, 9.17) is 4.74 Å². The van der Waals surface area contributed by atoms with Gasteiger partial charge in [0, 0.05) is 19.6 Å². The predicted molar refractivity (Wildman–Crippen MR) is 83.3 cm³/mol. The van der Waals surface area contributed by atoms with Gasteiger partial charge >= 0.3 is 0 Å². The van der Waals surface area contributed by atoms with Crippen LogP contribution < -0.4 is 10.1 Å². The maximum atomic E-state index is 9.86. The zero-order chi connectivity index (χ0) is 14.8. The first-order chi connectivity index (χ1) is 9.65. The van der Waals surface area contributed by atoms with Crippen molar-refractivity contribution in [1.82, 2.24) is 10.2 Å². The number of ether oxygens (including phenoxy) is 1. The zero-order valence-corrected chi connectivity index (χ0v) is 12.9. The lowest BCUT2D eigenvalue weighted by molar-refractivity contribution is 0.105. The van der Waals surface area contributed by atoms with E-state index in [-0.39, 0.29) is 0 Å². The number of nitrogens with one attached hydrogen (secondary N) is 1. The molecule has 1 rings (SSSR count). The van der Waals surface area contributed by atoms with Crippen LogP contribution in [0.4, 0.5) is 0 Å². The molecule has 1 unspecified atom stereocenters. The highest BCUT2D eigenvalue weighted by atomic mass is 16.5. The predicted octanol–water partition coefficient (Wildman–Crippen LogP) is 1.67. The molecule has 1 atom stereocenters. The number of hydrogen-bond donors (Lipinski definition) is 2. The third-order valence-electron chi connectivity index (χ3n) is 3.31. The van der Waals surface area contributed by atoms with Crippen molar-refractivity contribution < 1.29 is 9.84 Å². The van der Waals surface area contributed by atoms with Gasteiger partial charge in [-0.25, -0.2) is 0 Å². The van der Waals surface area contributed by atoms with Crippen molar-refractivity contribution in [2.45, 2.75) is 26.9 Å². The Hall–Kier alpha value is -1.10. The van der Waals surface area contributed by atoms with Gasteiger partial charge in [0.2, 0.25) is 0 Å². The second-order valence-corrected chi connectivity index (χ2v) is 5.01. The molecule has 0 saturated carbocycles. The summed E-state index contributed by atoms with van der Waals surface area (Å²) in [4.78, 5) is 2.35. The average molecular weight is 280 g/mol. The maximum Gasteiger partial charge on any atom is 0.119 e. The number of benzene rings is 1. The van der Waals surface area contributed by atoms with Crippen molar-refractivity contribution in [2.24, 2.45) is 0 Å². The lowest BCUT2D eigenvalue weighted by Gasteiger charge is -2.19. The van der Waals surface area contributed by atoms with Crippen LogP contribution in [0, 0.1) is 6.92 Å². The SMILES string of the molecule is CCN(CC)CCNCC(O)COc1cccc(C)c1. The van der Waals surface area contributed by atoms with Crippen LogP contribution in [0.25, 0.3) is 0 Å². The fraction of sp³-hybridized carbons (Fsp3) is 0.625. The molecule has 114 valence electrons. The smallest absolute Gasteiger partial charge is 0.119 e. The number of hydrogen-bond acceptors (Lipinski definition) is 4. The van der Waals surface area contributed by atoms with E-state index in [1.54, 1.807) is 0 Å². The van der Waals surface area contributed by atoms with Gasteiger partial charge in [-0.05, 0) is 37.7 Å². The van der Waals surface area contributed by atoms with Gasteiger partial charge < -0.3 is 20.1 Å². The maximum absolute atomic E-state index is 9.86. The van der Waals surface area contributed by atoms with E-state index in [2.05, 4.69) is 24.1 Å². The molecule has 0 spiro atoms.